The number of anilines is 1. The molecule has 1 amide bonds. The summed E-state index contributed by atoms with van der Waals surface area (Å²) >= 11 is 0. The third kappa shape index (κ3) is 6.84. The summed E-state index contributed by atoms with van der Waals surface area (Å²) in [5, 5.41) is 0. The van der Waals surface area contributed by atoms with Crippen LogP contribution in [-0.4, -0.2) is 49.1 Å². The lowest BCUT2D eigenvalue weighted by atomic mass is 9.94. The van der Waals surface area contributed by atoms with E-state index in [1.54, 1.807) is 4.90 Å². The highest BCUT2D eigenvalue weighted by Gasteiger charge is 2.26. The van der Waals surface area contributed by atoms with E-state index in [-0.39, 0.29) is 12.0 Å². The molecule has 1 fully saturated rings. The van der Waals surface area contributed by atoms with Crippen LogP contribution in [0.2, 0.25) is 0 Å². The van der Waals surface area contributed by atoms with E-state index in [1.807, 2.05) is 20.8 Å². The van der Waals surface area contributed by atoms with E-state index in [4.69, 9.17) is 4.74 Å². The Hall–Kier alpha value is -2.04. The Morgan fingerprint density at radius 3 is 2.25 bits per heavy atom. The van der Waals surface area contributed by atoms with E-state index in [0.29, 0.717) is 13.1 Å². The van der Waals surface area contributed by atoms with Gasteiger partial charge in [-0.05, 0) is 44.9 Å². The zero-order valence-corrected chi connectivity index (χ0v) is 17.9. The van der Waals surface area contributed by atoms with E-state index >= 15 is 0 Å². The number of hydrogen-bond donors (Lipinski definition) is 0. The first kappa shape index (κ1) is 22.3. The second kappa shape index (κ2) is 10.5. The van der Waals surface area contributed by atoms with Gasteiger partial charge in [-0.1, -0.05) is 44.7 Å². The number of carbonyl (C=O) groups is 2. The van der Waals surface area contributed by atoms with Gasteiger partial charge in [0.25, 0.3) is 0 Å². The number of unbranched alkanes of at least 4 members (excludes halogenated alkanes) is 3. The first-order valence-corrected chi connectivity index (χ1v) is 10.6. The van der Waals surface area contributed by atoms with Crippen molar-refractivity contribution < 1.29 is 14.3 Å². The van der Waals surface area contributed by atoms with E-state index in [9.17, 15) is 9.59 Å². The van der Waals surface area contributed by atoms with Crippen molar-refractivity contribution in [3.05, 3.63) is 29.8 Å². The van der Waals surface area contributed by atoms with Crippen molar-refractivity contribution in [2.24, 2.45) is 0 Å². The molecular formula is C23H36N2O3. The van der Waals surface area contributed by atoms with Crippen molar-refractivity contribution in [1.29, 1.82) is 0 Å². The van der Waals surface area contributed by atoms with Gasteiger partial charge in [0.2, 0.25) is 0 Å². The van der Waals surface area contributed by atoms with Crippen LogP contribution >= 0.6 is 0 Å². The predicted octanol–water partition coefficient (Wildman–Crippen LogP) is 5.00. The highest BCUT2D eigenvalue weighted by molar-refractivity contribution is 5.68. The average molecular weight is 389 g/mol. The number of piperazine rings is 1. The topological polar surface area (TPSA) is 49.9 Å². The van der Waals surface area contributed by atoms with Crippen molar-refractivity contribution in [2.75, 3.05) is 31.1 Å². The van der Waals surface area contributed by atoms with Crippen LogP contribution < -0.4 is 4.90 Å². The summed E-state index contributed by atoms with van der Waals surface area (Å²) in [4.78, 5) is 27.7. The van der Waals surface area contributed by atoms with Gasteiger partial charge in [0.15, 0.2) is 0 Å². The Morgan fingerprint density at radius 1 is 1.07 bits per heavy atom. The molecule has 0 bridgehead atoms. The van der Waals surface area contributed by atoms with Crippen LogP contribution in [0.5, 0.6) is 0 Å². The number of amides is 1. The molecule has 1 aromatic rings. The second-order valence-electron chi connectivity index (χ2n) is 8.64. The highest BCUT2D eigenvalue weighted by Crippen LogP contribution is 2.25. The number of ether oxygens (including phenoxy) is 1. The van der Waals surface area contributed by atoms with Crippen LogP contribution in [0.3, 0.4) is 0 Å². The Balaban J connectivity index is 1.87. The van der Waals surface area contributed by atoms with Crippen molar-refractivity contribution in [1.82, 2.24) is 4.90 Å². The smallest absolute Gasteiger partial charge is 0.410 e. The lowest BCUT2D eigenvalue weighted by Crippen LogP contribution is -2.50. The molecule has 0 N–H and O–H groups in total. The van der Waals surface area contributed by atoms with Crippen LogP contribution in [0.1, 0.15) is 71.3 Å². The normalized spacial score (nSPS) is 16.0. The van der Waals surface area contributed by atoms with Crippen molar-refractivity contribution >= 4 is 18.1 Å². The molecule has 0 radical (unpaired) electrons. The molecule has 5 heteroatoms. The van der Waals surface area contributed by atoms with Gasteiger partial charge in [-0.15, -0.1) is 0 Å². The quantitative estimate of drug-likeness (QED) is 0.465. The van der Waals surface area contributed by atoms with E-state index in [1.165, 1.54) is 19.3 Å². The molecule has 0 spiro atoms. The van der Waals surface area contributed by atoms with Gasteiger partial charge in [-0.3, -0.25) is 0 Å². The van der Waals surface area contributed by atoms with Gasteiger partial charge in [-0.2, -0.15) is 0 Å². The fourth-order valence-corrected chi connectivity index (χ4v) is 3.51. The molecule has 28 heavy (non-hydrogen) atoms. The van der Waals surface area contributed by atoms with Gasteiger partial charge < -0.3 is 19.3 Å². The lowest BCUT2D eigenvalue weighted by Gasteiger charge is -2.36. The molecule has 1 aliphatic heterocycles. The molecule has 0 saturated carbocycles. The van der Waals surface area contributed by atoms with Crippen molar-refractivity contribution in [2.45, 2.75) is 71.3 Å². The largest absolute Gasteiger partial charge is 0.444 e. The number of aldehydes is 1. The van der Waals surface area contributed by atoms with Crippen molar-refractivity contribution in [3.8, 4) is 0 Å². The Morgan fingerprint density at radius 2 is 1.71 bits per heavy atom. The summed E-state index contributed by atoms with van der Waals surface area (Å²) < 4.78 is 5.46. The maximum absolute atomic E-state index is 12.2. The van der Waals surface area contributed by atoms with Crippen LogP contribution in [0.15, 0.2) is 24.3 Å². The van der Waals surface area contributed by atoms with Crippen LogP contribution in [-0.2, 0) is 9.53 Å². The molecule has 156 valence electrons. The summed E-state index contributed by atoms with van der Waals surface area (Å²) in [5.74, 6) is -0.00470. The maximum atomic E-state index is 12.2. The first-order valence-electron chi connectivity index (χ1n) is 10.6. The van der Waals surface area contributed by atoms with Gasteiger partial charge in [0.05, 0.1) is 0 Å². The number of benzene rings is 1. The molecule has 0 aromatic heterocycles. The monoisotopic (exact) mass is 388 g/mol. The summed E-state index contributed by atoms with van der Waals surface area (Å²) in [6, 6.07) is 8.35. The van der Waals surface area contributed by atoms with Crippen LogP contribution in [0.25, 0.3) is 0 Å². The third-order valence-corrected chi connectivity index (χ3v) is 5.15. The molecule has 1 aliphatic rings. The fourth-order valence-electron chi connectivity index (χ4n) is 3.51. The van der Waals surface area contributed by atoms with E-state index < -0.39 is 5.60 Å². The average Bonchev–Trinajstić information content (AvgIpc) is 2.67. The summed E-state index contributed by atoms with van der Waals surface area (Å²) in [5.41, 5.74) is 1.78. The Bertz CT molecular complexity index is 614. The summed E-state index contributed by atoms with van der Waals surface area (Å²) in [6.45, 7) is 10.7. The third-order valence-electron chi connectivity index (χ3n) is 5.15. The standard InChI is InChI=1S/C23H36N2O3/c1-5-6-7-8-9-20(18-26)19-10-12-21(13-11-19)24-14-16-25(17-15-24)22(27)28-23(2,3)4/h10-13,18,20H,5-9,14-17H2,1-4H3/t20-/m0/s1. The molecule has 2 rings (SSSR count). The lowest BCUT2D eigenvalue weighted by molar-refractivity contribution is -0.109. The minimum absolute atomic E-state index is 0.00470. The molecule has 0 unspecified atom stereocenters. The summed E-state index contributed by atoms with van der Waals surface area (Å²) in [7, 11) is 0. The maximum Gasteiger partial charge on any atom is 0.410 e. The Labute approximate surface area is 170 Å². The predicted molar refractivity (Wildman–Crippen MR) is 114 cm³/mol. The van der Waals surface area contributed by atoms with Gasteiger partial charge in [0, 0.05) is 37.8 Å². The highest BCUT2D eigenvalue weighted by atomic mass is 16.6. The SMILES string of the molecule is CCCCCC[C@@H](C=O)c1ccc(N2CCN(C(=O)OC(C)(C)C)CC2)cc1. The number of nitrogens with zero attached hydrogens (tertiary/aromatic N) is 2. The van der Waals surface area contributed by atoms with Gasteiger partial charge in [-0.25, -0.2) is 4.79 Å². The van der Waals surface area contributed by atoms with Gasteiger partial charge >= 0.3 is 6.09 Å². The number of hydrogen-bond acceptors (Lipinski definition) is 4. The van der Waals surface area contributed by atoms with E-state index in [2.05, 4.69) is 36.1 Å². The van der Waals surface area contributed by atoms with Gasteiger partial charge in [0.1, 0.15) is 11.9 Å². The molecule has 1 atom stereocenters. The molecule has 1 heterocycles. The van der Waals surface area contributed by atoms with Crippen LogP contribution in [0, 0.1) is 0 Å². The minimum atomic E-state index is -0.463. The minimum Gasteiger partial charge on any atom is -0.444 e. The molecule has 0 aliphatic carbocycles. The zero-order valence-electron chi connectivity index (χ0n) is 17.9. The van der Waals surface area contributed by atoms with Crippen LogP contribution in [0.4, 0.5) is 10.5 Å². The first-order chi connectivity index (χ1) is 13.3. The molecule has 1 aromatic carbocycles. The number of rotatable bonds is 8. The van der Waals surface area contributed by atoms with E-state index in [0.717, 1.165) is 43.5 Å². The summed E-state index contributed by atoms with van der Waals surface area (Å²) in [6.07, 6.45) is 6.52. The molecule has 1 saturated heterocycles. The second-order valence-corrected chi connectivity index (χ2v) is 8.64. The molecular weight excluding hydrogens is 352 g/mol. The molecule has 5 nitrogen and oxygen atoms in total. The Kier molecular flexibility index (Phi) is 8.34. The number of carbonyl (C=O) groups excluding carboxylic acids is 2. The fraction of sp³-hybridized carbons (Fsp3) is 0.652. The zero-order chi connectivity index (χ0) is 20.6. The van der Waals surface area contributed by atoms with Crippen molar-refractivity contribution in [3.63, 3.8) is 0 Å².